The molecule has 0 aromatic carbocycles. The molecule has 1 aromatic heterocycles. The van der Waals surface area contributed by atoms with Crippen molar-refractivity contribution in [1.29, 1.82) is 5.26 Å². The highest BCUT2D eigenvalue weighted by molar-refractivity contribution is 6.29. The lowest BCUT2D eigenvalue weighted by molar-refractivity contribution is 0.0929. The fraction of sp³-hybridized carbons (Fsp3) is 0.111. The van der Waals surface area contributed by atoms with E-state index in [0.717, 1.165) is 0 Å². The van der Waals surface area contributed by atoms with Crippen LogP contribution in [0.1, 0.15) is 16.3 Å². The first-order valence-electron chi connectivity index (χ1n) is 3.75. The highest BCUT2D eigenvalue weighted by Crippen LogP contribution is 2.06. The van der Waals surface area contributed by atoms with E-state index in [-0.39, 0.29) is 18.1 Å². The van der Waals surface area contributed by atoms with E-state index >= 15 is 0 Å². The lowest BCUT2D eigenvalue weighted by Crippen LogP contribution is -2.23. The van der Waals surface area contributed by atoms with Crippen molar-refractivity contribution in [2.75, 3.05) is 6.54 Å². The molecule has 0 bridgehead atoms. The molecule has 4 nitrogen and oxygen atoms in total. The number of nitriles is 1. The third kappa shape index (κ3) is 2.64. The molecular weight excluding hydrogens is 204 g/mol. The predicted molar refractivity (Wildman–Crippen MR) is 50.7 cm³/mol. The Hall–Kier alpha value is -1.73. The van der Waals surface area contributed by atoms with Gasteiger partial charge in [0.05, 0.1) is 6.54 Å². The van der Waals surface area contributed by atoms with E-state index in [0.29, 0.717) is 5.03 Å². The molecule has 14 heavy (non-hydrogen) atoms. The van der Waals surface area contributed by atoms with Crippen LogP contribution in [0.4, 0.5) is 0 Å². The Morgan fingerprint density at radius 3 is 2.93 bits per heavy atom. The molecule has 1 rings (SSSR count). The maximum Gasteiger partial charge on any atom is 0.287 e. The minimum absolute atomic E-state index is 0.0828. The fourth-order valence-corrected chi connectivity index (χ4v) is 0.850. The molecule has 0 unspecified atom stereocenters. The van der Waals surface area contributed by atoms with Crippen molar-refractivity contribution >= 4 is 17.5 Å². The first-order valence-corrected chi connectivity index (χ1v) is 4.12. The van der Waals surface area contributed by atoms with Gasteiger partial charge in [-0.1, -0.05) is 18.2 Å². The molecule has 0 radical (unpaired) electrons. The van der Waals surface area contributed by atoms with E-state index in [4.69, 9.17) is 21.3 Å². The van der Waals surface area contributed by atoms with E-state index in [1.54, 1.807) is 6.07 Å². The number of rotatable bonds is 3. The van der Waals surface area contributed by atoms with Crippen LogP contribution in [0.5, 0.6) is 0 Å². The van der Waals surface area contributed by atoms with Crippen LogP contribution in [-0.2, 0) is 0 Å². The van der Waals surface area contributed by atoms with Crippen molar-refractivity contribution in [3.63, 3.8) is 0 Å². The Morgan fingerprint density at radius 2 is 2.43 bits per heavy atom. The summed E-state index contributed by atoms with van der Waals surface area (Å²) in [6.07, 6.45) is 0. The van der Waals surface area contributed by atoms with Crippen molar-refractivity contribution in [2.24, 2.45) is 0 Å². The molecule has 0 spiro atoms. The molecule has 0 aliphatic carbocycles. The molecule has 5 heteroatoms. The van der Waals surface area contributed by atoms with Crippen molar-refractivity contribution < 1.29 is 9.21 Å². The molecule has 0 aliphatic heterocycles. The Bertz CT molecular complexity index is 403. The summed E-state index contributed by atoms with van der Waals surface area (Å²) in [6, 6.07) is 4.62. The highest BCUT2D eigenvalue weighted by atomic mass is 35.5. The van der Waals surface area contributed by atoms with Crippen LogP contribution < -0.4 is 5.32 Å². The minimum atomic E-state index is -0.423. The second-order valence-electron chi connectivity index (χ2n) is 2.48. The van der Waals surface area contributed by atoms with Gasteiger partial charge in [-0.05, 0) is 12.1 Å². The van der Waals surface area contributed by atoms with Gasteiger partial charge in [0, 0.05) is 5.03 Å². The summed E-state index contributed by atoms with van der Waals surface area (Å²) in [5.74, 6) is -0.243. The van der Waals surface area contributed by atoms with Gasteiger partial charge in [0.15, 0.2) is 5.76 Å². The van der Waals surface area contributed by atoms with Crippen molar-refractivity contribution in [1.82, 2.24) is 5.32 Å². The number of hydrogen-bond acceptors (Lipinski definition) is 3. The van der Waals surface area contributed by atoms with Crippen LogP contribution in [0.3, 0.4) is 0 Å². The maximum absolute atomic E-state index is 11.3. The molecule has 1 aromatic rings. The largest absolute Gasteiger partial charge is 0.440 e. The monoisotopic (exact) mass is 210 g/mol. The smallest absolute Gasteiger partial charge is 0.287 e. The molecule has 0 saturated carbocycles. The number of nitrogens with zero attached hydrogens (tertiary/aromatic N) is 1. The Morgan fingerprint density at radius 1 is 1.71 bits per heavy atom. The van der Waals surface area contributed by atoms with Gasteiger partial charge in [0.2, 0.25) is 5.76 Å². The van der Waals surface area contributed by atoms with E-state index in [1.165, 1.54) is 12.1 Å². The molecule has 1 heterocycles. The Kier molecular flexibility index (Phi) is 3.32. The standard InChI is InChI=1S/C9H7ClN2O2/c1-6(10)5-12-9(13)8-3-2-7(4-11)14-8/h2-3H,1,5H2,(H,12,13). The van der Waals surface area contributed by atoms with Gasteiger partial charge in [-0.15, -0.1) is 0 Å². The first-order chi connectivity index (χ1) is 6.63. The van der Waals surface area contributed by atoms with Crippen LogP contribution in [0.2, 0.25) is 0 Å². The van der Waals surface area contributed by atoms with E-state index in [1.807, 2.05) is 0 Å². The summed E-state index contributed by atoms with van der Waals surface area (Å²) in [6.45, 7) is 3.58. The fourth-order valence-electron chi connectivity index (χ4n) is 0.783. The zero-order valence-electron chi connectivity index (χ0n) is 7.21. The third-order valence-electron chi connectivity index (χ3n) is 1.38. The topological polar surface area (TPSA) is 66.0 Å². The number of carbonyl (C=O) groups excluding carboxylic acids is 1. The summed E-state index contributed by atoms with van der Waals surface area (Å²) in [7, 11) is 0. The van der Waals surface area contributed by atoms with Crippen molar-refractivity contribution in [2.45, 2.75) is 0 Å². The molecule has 0 aliphatic rings. The summed E-state index contributed by atoms with van der Waals surface area (Å²) < 4.78 is 4.88. The van der Waals surface area contributed by atoms with Crippen molar-refractivity contribution in [3.8, 4) is 6.07 Å². The van der Waals surface area contributed by atoms with E-state index in [9.17, 15) is 4.79 Å². The normalized spacial score (nSPS) is 9.14. The first kappa shape index (κ1) is 10.4. The second kappa shape index (κ2) is 4.49. The van der Waals surface area contributed by atoms with Crippen LogP contribution >= 0.6 is 11.6 Å². The molecule has 0 fully saturated rings. The number of hydrogen-bond donors (Lipinski definition) is 1. The van der Waals surface area contributed by atoms with Gasteiger partial charge < -0.3 is 9.73 Å². The van der Waals surface area contributed by atoms with Crippen molar-refractivity contribution in [3.05, 3.63) is 35.3 Å². The third-order valence-corrected chi connectivity index (χ3v) is 1.51. The number of carbonyl (C=O) groups is 1. The minimum Gasteiger partial charge on any atom is -0.440 e. The lowest BCUT2D eigenvalue weighted by Gasteiger charge is -1.99. The van der Waals surface area contributed by atoms with Gasteiger partial charge in [0.1, 0.15) is 6.07 Å². The molecule has 1 N–H and O–H groups in total. The zero-order chi connectivity index (χ0) is 10.6. The average molecular weight is 211 g/mol. The maximum atomic E-state index is 11.3. The molecule has 0 saturated heterocycles. The molecular formula is C9H7ClN2O2. The van der Waals surface area contributed by atoms with Gasteiger partial charge in [-0.2, -0.15) is 5.26 Å². The lowest BCUT2D eigenvalue weighted by atomic mass is 10.4. The molecule has 1 amide bonds. The van der Waals surface area contributed by atoms with Crippen LogP contribution in [-0.4, -0.2) is 12.5 Å². The zero-order valence-corrected chi connectivity index (χ0v) is 7.97. The van der Waals surface area contributed by atoms with E-state index in [2.05, 4.69) is 11.9 Å². The van der Waals surface area contributed by atoms with Gasteiger partial charge >= 0.3 is 0 Å². The second-order valence-corrected chi connectivity index (χ2v) is 3.01. The summed E-state index contributed by atoms with van der Waals surface area (Å²) in [5.41, 5.74) is 0. The Labute approximate surface area is 85.8 Å². The van der Waals surface area contributed by atoms with Gasteiger partial charge in [0.25, 0.3) is 5.91 Å². The van der Waals surface area contributed by atoms with Crippen LogP contribution in [0.25, 0.3) is 0 Å². The predicted octanol–water partition coefficient (Wildman–Crippen LogP) is 1.63. The molecule has 72 valence electrons. The summed E-state index contributed by atoms with van der Waals surface area (Å²) >= 11 is 5.45. The number of halogens is 1. The summed E-state index contributed by atoms with van der Waals surface area (Å²) in [5, 5.41) is 11.2. The van der Waals surface area contributed by atoms with E-state index < -0.39 is 5.91 Å². The summed E-state index contributed by atoms with van der Waals surface area (Å²) in [4.78, 5) is 11.3. The molecule has 0 atom stereocenters. The Balaban J connectivity index is 2.62. The SMILES string of the molecule is C=C(Cl)CNC(=O)c1ccc(C#N)o1. The number of nitrogens with one attached hydrogen (secondary N) is 1. The van der Waals surface area contributed by atoms with Crippen LogP contribution in [0, 0.1) is 11.3 Å². The quantitative estimate of drug-likeness (QED) is 0.825. The van der Waals surface area contributed by atoms with Gasteiger partial charge in [-0.25, -0.2) is 0 Å². The van der Waals surface area contributed by atoms with Gasteiger partial charge in [-0.3, -0.25) is 4.79 Å². The average Bonchev–Trinajstić information content (AvgIpc) is 2.62. The highest BCUT2D eigenvalue weighted by Gasteiger charge is 2.09. The number of furan rings is 1. The van der Waals surface area contributed by atoms with Crippen LogP contribution in [0.15, 0.2) is 28.2 Å². The number of amides is 1.